The van der Waals surface area contributed by atoms with Crippen molar-refractivity contribution in [2.45, 2.75) is 13.0 Å². The quantitative estimate of drug-likeness (QED) is 0.654. The predicted molar refractivity (Wildman–Crippen MR) is 56.6 cm³/mol. The second-order valence-corrected chi connectivity index (χ2v) is 3.57. The SMILES string of the molecule is CCNCC1COCCN1CCOC. The van der Waals surface area contributed by atoms with Gasteiger partial charge in [0.05, 0.1) is 19.8 Å². The molecule has 1 N–H and O–H groups in total. The molecule has 0 aromatic rings. The van der Waals surface area contributed by atoms with E-state index >= 15 is 0 Å². The number of morpholine rings is 1. The minimum atomic E-state index is 0.513. The van der Waals surface area contributed by atoms with E-state index in [2.05, 4.69) is 17.1 Å². The molecule has 0 radical (unpaired) electrons. The molecular formula is C10H22N2O2. The lowest BCUT2D eigenvalue weighted by Gasteiger charge is -2.35. The van der Waals surface area contributed by atoms with Crippen molar-refractivity contribution in [3.63, 3.8) is 0 Å². The van der Waals surface area contributed by atoms with Gasteiger partial charge in [-0.25, -0.2) is 0 Å². The highest BCUT2D eigenvalue weighted by atomic mass is 16.5. The minimum absolute atomic E-state index is 0.513. The zero-order valence-electron chi connectivity index (χ0n) is 9.29. The molecule has 0 aliphatic carbocycles. The van der Waals surface area contributed by atoms with Crippen LogP contribution in [0.4, 0.5) is 0 Å². The molecule has 0 aromatic carbocycles. The lowest BCUT2D eigenvalue weighted by molar-refractivity contribution is -0.0157. The molecule has 84 valence electrons. The van der Waals surface area contributed by atoms with Crippen LogP contribution in [0.25, 0.3) is 0 Å². The van der Waals surface area contributed by atoms with Gasteiger partial charge in [0.1, 0.15) is 0 Å². The number of ether oxygens (including phenoxy) is 2. The maximum Gasteiger partial charge on any atom is 0.0634 e. The van der Waals surface area contributed by atoms with Crippen LogP contribution in [0.1, 0.15) is 6.92 Å². The molecule has 1 atom stereocenters. The number of nitrogens with one attached hydrogen (secondary N) is 1. The molecule has 0 saturated carbocycles. The molecule has 4 nitrogen and oxygen atoms in total. The Morgan fingerprint density at radius 1 is 1.57 bits per heavy atom. The summed E-state index contributed by atoms with van der Waals surface area (Å²) in [6.07, 6.45) is 0. The summed E-state index contributed by atoms with van der Waals surface area (Å²) in [5.41, 5.74) is 0. The van der Waals surface area contributed by atoms with E-state index in [1.807, 2.05) is 0 Å². The molecule has 1 fully saturated rings. The summed E-state index contributed by atoms with van der Waals surface area (Å²) < 4.78 is 10.6. The number of methoxy groups -OCH3 is 1. The largest absolute Gasteiger partial charge is 0.383 e. The Kier molecular flexibility index (Phi) is 6.10. The van der Waals surface area contributed by atoms with Gasteiger partial charge >= 0.3 is 0 Å². The van der Waals surface area contributed by atoms with Crippen molar-refractivity contribution < 1.29 is 9.47 Å². The monoisotopic (exact) mass is 202 g/mol. The zero-order valence-corrected chi connectivity index (χ0v) is 9.29. The highest BCUT2D eigenvalue weighted by Crippen LogP contribution is 2.05. The van der Waals surface area contributed by atoms with E-state index in [9.17, 15) is 0 Å². The van der Waals surface area contributed by atoms with Crippen molar-refractivity contribution in [1.82, 2.24) is 10.2 Å². The fourth-order valence-corrected chi connectivity index (χ4v) is 1.69. The van der Waals surface area contributed by atoms with Gasteiger partial charge in [0.25, 0.3) is 0 Å². The second-order valence-electron chi connectivity index (χ2n) is 3.57. The molecule has 0 spiro atoms. The summed E-state index contributed by atoms with van der Waals surface area (Å²) in [7, 11) is 1.75. The Morgan fingerprint density at radius 3 is 3.14 bits per heavy atom. The van der Waals surface area contributed by atoms with Crippen LogP contribution >= 0.6 is 0 Å². The molecule has 1 aliphatic rings. The normalized spacial score (nSPS) is 24.0. The number of hydrogen-bond donors (Lipinski definition) is 1. The standard InChI is InChI=1S/C10H22N2O2/c1-3-11-8-10-9-14-7-5-12(10)4-6-13-2/h10-11H,3-9H2,1-2H3. The molecule has 1 unspecified atom stereocenters. The molecule has 0 aromatic heterocycles. The van der Waals surface area contributed by atoms with Gasteiger partial charge in [-0.2, -0.15) is 0 Å². The third-order valence-electron chi connectivity index (χ3n) is 2.56. The maximum absolute atomic E-state index is 5.47. The molecule has 0 amide bonds. The first-order valence-corrected chi connectivity index (χ1v) is 5.40. The van der Waals surface area contributed by atoms with Gasteiger partial charge in [-0.05, 0) is 6.54 Å². The third-order valence-corrected chi connectivity index (χ3v) is 2.56. The Bertz CT molecular complexity index is 128. The van der Waals surface area contributed by atoms with Gasteiger partial charge in [-0.1, -0.05) is 6.92 Å². The van der Waals surface area contributed by atoms with E-state index in [0.29, 0.717) is 6.04 Å². The lowest BCUT2D eigenvalue weighted by atomic mass is 10.2. The van der Waals surface area contributed by atoms with E-state index in [-0.39, 0.29) is 0 Å². The fourth-order valence-electron chi connectivity index (χ4n) is 1.69. The van der Waals surface area contributed by atoms with E-state index in [1.54, 1.807) is 7.11 Å². The average Bonchev–Trinajstić information content (AvgIpc) is 2.24. The first-order valence-electron chi connectivity index (χ1n) is 5.40. The summed E-state index contributed by atoms with van der Waals surface area (Å²) >= 11 is 0. The van der Waals surface area contributed by atoms with E-state index in [0.717, 1.165) is 46.0 Å². The Balaban J connectivity index is 2.26. The van der Waals surface area contributed by atoms with Crippen molar-refractivity contribution in [1.29, 1.82) is 0 Å². The lowest BCUT2D eigenvalue weighted by Crippen LogP contribution is -2.51. The van der Waals surface area contributed by atoms with Crippen LogP contribution in [0.5, 0.6) is 0 Å². The molecule has 14 heavy (non-hydrogen) atoms. The maximum atomic E-state index is 5.47. The highest BCUT2D eigenvalue weighted by Gasteiger charge is 2.21. The summed E-state index contributed by atoms with van der Waals surface area (Å²) in [4.78, 5) is 2.44. The van der Waals surface area contributed by atoms with Gasteiger partial charge in [0.15, 0.2) is 0 Å². The van der Waals surface area contributed by atoms with E-state index in [4.69, 9.17) is 9.47 Å². The van der Waals surface area contributed by atoms with Crippen molar-refractivity contribution in [3.8, 4) is 0 Å². The molecule has 1 saturated heterocycles. The second kappa shape index (κ2) is 7.17. The van der Waals surface area contributed by atoms with Gasteiger partial charge < -0.3 is 14.8 Å². The molecule has 1 aliphatic heterocycles. The first-order chi connectivity index (χ1) is 6.88. The first kappa shape index (κ1) is 11.9. The van der Waals surface area contributed by atoms with Crippen molar-refractivity contribution >= 4 is 0 Å². The van der Waals surface area contributed by atoms with Crippen LogP contribution in [-0.4, -0.2) is 64.1 Å². The van der Waals surface area contributed by atoms with Gasteiger partial charge in [-0.3, -0.25) is 4.90 Å². The fraction of sp³-hybridized carbons (Fsp3) is 1.00. The van der Waals surface area contributed by atoms with Crippen LogP contribution in [0.15, 0.2) is 0 Å². The third kappa shape index (κ3) is 3.92. The zero-order chi connectivity index (χ0) is 10.2. The molecule has 1 heterocycles. The molecule has 1 rings (SSSR count). The summed E-state index contributed by atoms with van der Waals surface area (Å²) in [5, 5.41) is 3.36. The van der Waals surface area contributed by atoms with E-state index < -0.39 is 0 Å². The summed E-state index contributed by atoms with van der Waals surface area (Å²) in [5.74, 6) is 0. The number of likely N-dealkylation sites (N-methyl/N-ethyl adjacent to an activating group) is 1. The van der Waals surface area contributed by atoms with Crippen LogP contribution < -0.4 is 5.32 Å². The van der Waals surface area contributed by atoms with Crippen LogP contribution in [-0.2, 0) is 9.47 Å². The predicted octanol–water partition coefficient (Wildman–Crippen LogP) is -0.0569. The Hall–Kier alpha value is -0.160. The van der Waals surface area contributed by atoms with Crippen LogP contribution in [0, 0.1) is 0 Å². The number of hydrogen-bond acceptors (Lipinski definition) is 4. The highest BCUT2D eigenvalue weighted by molar-refractivity contribution is 4.76. The van der Waals surface area contributed by atoms with Crippen molar-refractivity contribution in [2.24, 2.45) is 0 Å². The summed E-state index contributed by atoms with van der Waals surface area (Å²) in [6, 6.07) is 0.513. The van der Waals surface area contributed by atoms with Gasteiger partial charge in [0, 0.05) is 32.8 Å². The Labute approximate surface area is 86.6 Å². The topological polar surface area (TPSA) is 33.7 Å². The summed E-state index contributed by atoms with van der Waals surface area (Å²) in [6.45, 7) is 8.71. The van der Waals surface area contributed by atoms with E-state index in [1.165, 1.54) is 0 Å². The molecule has 4 heteroatoms. The van der Waals surface area contributed by atoms with Crippen molar-refractivity contribution in [3.05, 3.63) is 0 Å². The molecule has 0 bridgehead atoms. The van der Waals surface area contributed by atoms with Crippen LogP contribution in [0.3, 0.4) is 0 Å². The average molecular weight is 202 g/mol. The van der Waals surface area contributed by atoms with Crippen LogP contribution in [0.2, 0.25) is 0 Å². The Morgan fingerprint density at radius 2 is 2.43 bits per heavy atom. The molecular weight excluding hydrogens is 180 g/mol. The smallest absolute Gasteiger partial charge is 0.0634 e. The number of nitrogens with zero attached hydrogens (tertiary/aromatic N) is 1. The minimum Gasteiger partial charge on any atom is -0.383 e. The van der Waals surface area contributed by atoms with Gasteiger partial charge in [-0.15, -0.1) is 0 Å². The van der Waals surface area contributed by atoms with Crippen molar-refractivity contribution in [2.75, 3.05) is 53.1 Å². The number of rotatable bonds is 6. The van der Waals surface area contributed by atoms with Gasteiger partial charge in [0.2, 0.25) is 0 Å².